The molecule has 0 amide bonds. The van der Waals surface area contributed by atoms with Gasteiger partial charge in [0.15, 0.2) is 6.61 Å². The van der Waals surface area contributed by atoms with Crippen LogP contribution in [0.3, 0.4) is 0 Å². The summed E-state index contributed by atoms with van der Waals surface area (Å²) in [6, 6.07) is 3.08. The van der Waals surface area contributed by atoms with Crippen molar-refractivity contribution in [2.45, 2.75) is 6.18 Å². The first kappa shape index (κ1) is 13.0. The minimum absolute atomic E-state index is 0.0800. The largest absolute Gasteiger partial charge is 0.484 e. The maximum atomic E-state index is 11.9. The van der Waals surface area contributed by atoms with Crippen molar-refractivity contribution in [3.05, 3.63) is 28.3 Å². The second-order valence-corrected chi connectivity index (χ2v) is 3.02. The highest BCUT2D eigenvalue weighted by Gasteiger charge is 2.28. The van der Waals surface area contributed by atoms with Gasteiger partial charge in [0, 0.05) is 12.1 Å². The van der Waals surface area contributed by atoms with Crippen LogP contribution in [0.4, 0.5) is 24.5 Å². The average molecular weight is 251 g/mol. The van der Waals surface area contributed by atoms with E-state index in [2.05, 4.69) is 10.2 Å². The first-order valence-corrected chi connectivity index (χ1v) is 4.27. The number of anilines is 1. The Balaban J connectivity index is 2.91. The number of halogens is 3. The number of rotatable bonds is 4. The van der Waals surface area contributed by atoms with Gasteiger partial charge in [-0.25, -0.2) is 0 Å². The fraction of sp³-hybridized carbons (Fsp3) is 0.250. The molecule has 1 aromatic carbocycles. The molecule has 0 atom stereocenters. The van der Waals surface area contributed by atoms with Gasteiger partial charge in [0.2, 0.25) is 0 Å². The standard InChI is InChI=1S/C8H8F3N3O3/c9-8(10,11)4-17-7-2-5(13-12)1-6(3-7)14(15)16/h1-3,13H,4,12H2. The molecule has 9 heteroatoms. The lowest BCUT2D eigenvalue weighted by Crippen LogP contribution is -2.19. The number of nitro groups is 1. The Morgan fingerprint density at radius 2 is 2.06 bits per heavy atom. The van der Waals surface area contributed by atoms with Gasteiger partial charge < -0.3 is 10.2 Å². The van der Waals surface area contributed by atoms with Crippen LogP contribution < -0.4 is 16.0 Å². The predicted molar refractivity (Wildman–Crippen MR) is 52.5 cm³/mol. The molecule has 0 aliphatic rings. The molecule has 0 aliphatic carbocycles. The van der Waals surface area contributed by atoms with Crippen molar-refractivity contribution in [2.24, 2.45) is 5.84 Å². The second kappa shape index (κ2) is 4.87. The molecule has 0 spiro atoms. The summed E-state index contributed by atoms with van der Waals surface area (Å²) in [7, 11) is 0. The minimum Gasteiger partial charge on any atom is -0.484 e. The molecule has 0 fully saturated rings. The fourth-order valence-electron chi connectivity index (χ4n) is 1.02. The average Bonchev–Trinajstić information content (AvgIpc) is 2.25. The van der Waals surface area contributed by atoms with Crippen molar-refractivity contribution in [3.63, 3.8) is 0 Å². The van der Waals surface area contributed by atoms with Gasteiger partial charge in [0.1, 0.15) is 5.75 Å². The van der Waals surface area contributed by atoms with Gasteiger partial charge in [0.25, 0.3) is 5.69 Å². The number of nitrogens with two attached hydrogens (primary N) is 1. The van der Waals surface area contributed by atoms with Crippen LogP contribution >= 0.6 is 0 Å². The third-order valence-corrected chi connectivity index (χ3v) is 1.67. The van der Waals surface area contributed by atoms with Crippen molar-refractivity contribution in [3.8, 4) is 5.75 Å². The normalized spacial score (nSPS) is 11.1. The van der Waals surface area contributed by atoms with E-state index in [4.69, 9.17) is 5.84 Å². The summed E-state index contributed by atoms with van der Waals surface area (Å²) >= 11 is 0. The molecular formula is C8H8F3N3O3. The van der Waals surface area contributed by atoms with Gasteiger partial charge in [0.05, 0.1) is 16.7 Å². The van der Waals surface area contributed by atoms with Gasteiger partial charge >= 0.3 is 6.18 Å². The molecule has 0 aliphatic heterocycles. The Morgan fingerprint density at radius 1 is 1.41 bits per heavy atom. The van der Waals surface area contributed by atoms with Crippen LogP contribution in [0, 0.1) is 10.1 Å². The van der Waals surface area contributed by atoms with Gasteiger partial charge in [-0.1, -0.05) is 0 Å². The molecule has 3 N–H and O–H groups in total. The molecule has 0 heterocycles. The molecule has 0 saturated heterocycles. The maximum absolute atomic E-state index is 11.9. The topological polar surface area (TPSA) is 90.4 Å². The Hall–Kier alpha value is -2.03. The van der Waals surface area contributed by atoms with E-state index < -0.39 is 23.4 Å². The highest BCUT2D eigenvalue weighted by atomic mass is 19.4. The van der Waals surface area contributed by atoms with Crippen LogP contribution in [0.25, 0.3) is 0 Å². The van der Waals surface area contributed by atoms with Crippen LogP contribution in [-0.2, 0) is 0 Å². The zero-order chi connectivity index (χ0) is 13.1. The summed E-state index contributed by atoms with van der Waals surface area (Å²) in [5.74, 6) is 4.73. The van der Waals surface area contributed by atoms with E-state index >= 15 is 0 Å². The van der Waals surface area contributed by atoms with E-state index in [0.717, 1.165) is 18.2 Å². The summed E-state index contributed by atoms with van der Waals surface area (Å²) in [5.41, 5.74) is 1.76. The molecule has 0 radical (unpaired) electrons. The summed E-state index contributed by atoms with van der Waals surface area (Å²) in [6.07, 6.45) is -4.51. The summed E-state index contributed by atoms with van der Waals surface area (Å²) in [5, 5.41) is 10.5. The highest BCUT2D eigenvalue weighted by Crippen LogP contribution is 2.27. The molecule has 17 heavy (non-hydrogen) atoms. The van der Waals surface area contributed by atoms with Crippen molar-refractivity contribution in [1.82, 2.24) is 0 Å². The Bertz CT molecular complexity index is 422. The zero-order valence-electron chi connectivity index (χ0n) is 8.32. The number of hydrogen-bond acceptors (Lipinski definition) is 5. The number of nitro benzene ring substituents is 1. The van der Waals surface area contributed by atoms with Gasteiger partial charge in [-0.05, 0) is 0 Å². The predicted octanol–water partition coefficient (Wildman–Crippen LogP) is 1.82. The third kappa shape index (κ3) is 4.15. The molecule has 94 valence electrons. The Labute approximate surface area is 93.3 Å². The number of nitrogens with zero attached hydrogens (tertiary/aromatic N) is 1. The summed E-state index contributed by atoms with van der Waals surface area (Å²) < 4.78 is 40.0. The Kier molecular flexibility index (Phi) is 3.73. The number of nitrogen functional groups attached to an aromatic ring is 1. The van der Waals surface area contributed by atoms with Gasteiger partial charge in [-0.2, -0.15) is 13.2 Å². The van der Waals surface area contributed by atoms with Crippen LogP contribution in [0.15, 0.2) is 18.2 Å². The van der Waals surface area contributed by atoms with Crippen LogP contribution in [0.5, 0.6) is 5.75 Å². The highest BCUT2D eigenvalue weighted by molar-refractivity contribution is 5.55. The van der Waals surface area contributed by atoms with Crippen molar-refractivity contribution in [1.29, 1.82) is 0 Å². The molecule has 6 nitrogen and oxygen atoms in total. The van der Waals surface area contributed by atoms with E-state index in [1.165, 1.54) is 0 Å². The Morgan fingerprint density at radius 3 is 2.53 bits per heavy atom. The number of hydrazine groups is 1. The smallest absolute Gasteiger partial charge is 0.422 e. The number of alkyl halides is 3. The maximum Gasteiger partial charge on any atom is 0.422 e. The number of ether oxygens (including phenoxy) is 1. The first-order valence-electron chi connectivity index (χ1n) is 4.27. The van der Waals surface area contributed by atoms with Crippen molar-refractivity contribution >= 4 is 11.4 Å². The van der Waals surface area contributed by atoms with Gasteiger partial charge in [-0.15, -0.1) is 0 Å². The molecule has 0 aromatic heterocycles. The number of benzene rings is 1. The van der Waals surface area contributed by atoms with Crippen LogP contribution in [0.2, 0.25) is 0 Å². The fourth-order valence-corrected chi connectivity index (χ4v) is 1.02. The summed E-state index contributed by atoms with van der Waals surface area (Å²) in [6.45, 7) is -1.53. The molecule has 0 bridgehead atoms. The molecule has 0 unspecified atom stereocenters. The van der Waals surface area contributed by atoms with Crippen molar-refractivity contribution < 1.29 is 22.8 Å². The second-order valence-electron chi connectivity index (χ2n) is 3.02. The number of hydrogen-bond donors (Lipinski definition) is 2. The lowest BCUT2D eigenvalue weighted by atomic mass is 10.2. The van der Waals surface area contributed by atoms with E-state index in [1.807, 2.05) is 0 Å². The molecule has 0 saturated carbocycles. The van der Waals surface area contributed by atoms with E-state index in [-0.39, 0.29) is 11.4 Å². The first-order chi connectivity index (χ1) is 7.81. The monoisotopic (exact) mass is 251 g/mol. The lowest BCUT2D eigenvalue weighted by Gasteiger charge is -2.10. The summed E-state index contributed by atoms with van der Waals surface area (Å²) in [4.78, 5) is 9.72. The van der Waals surface area contributed by atoms with Crippen LogP contribution in [-0.4, -0.2) is 17.7 Å². The SMILES string of the molecule is NNc1cc(OCC(F)(F)F)cc([N+](=O)[O-])c1. The van der Waals surface area contributed by atoms with Crippen molar-refractivity contribution in [2.75, 3.05) is 12.0 Å². The van der Waals surface area contributed by atoms with E-state index in [1.54, 1.807) is 0 Å². The van der Waals surface area contributed by atoms with E-state index in [0.29, 0.717) is 0 Å². The van der Waals surface area contributed by atoms with Crippen LogP contribution in [0.1, 0.15) is 0 Å². The molecule has 1 rings (SSSR count). The third-order valence-electron chi connectivity index (χ3n) is 1.67. The van der Waals surface area contributed by atoms with Gasteiger partial charge in [-0.3, -0.25) is 16.0 Å². The molecule has 1 aromatic rings. The minimum atomic E-state index is -4.51. The lowest BCUT2D eigenvalue weighted by molar-refractivity contribution is -0.384. The quantitative estimate of drug-likeness (QED) is 0.484. The number of non-ortho nitro benzene ring substituents is 1. The molecular weight excluding hydrogens is 243 g/mol. The zero-order valence-corrected chi connectivity index (χ0v) is 8.32. The number of nitrogens with one attached hydrogen (secondary N) is 1. The van der Waals surface area contributed by atoms with E-state index in [9.17, 15) is 23.3 Å².